The van der Waals surface area contributed by atoms with E-state index in [2.05, 4.69) is 20.7 Å². The minimum absolute atomic E-state index is 0.286. The zero-order valence-electron chi connectivity index (χ0n) is 11.1. The second-order valence-corrected chi connectivity index (χ2v) is 7.95. The zero-order chi connectivity index (χ0) is 14.3. The van der Waals surface area contributed by atoms with Crippen LogP contribution < -0.4 is 10.5 Å². The lowest BCUT2D eigenvalue weighted by atomic mass is 9.98. The minimum Gasteiger partial charge on any atom is -0.329 e. The number of nitrogens with one attached hydrogen (secondary N) is 1. The lowest BCUT2D eigenvalue weighted by molar-refractivity contribution is 0.374. The van der Waals surface area contributed by atoms with Crippen LogP contribution in [0.2, 0.25) is 0 Å². The van der Waals surface area contributed by atoms with E-state index in [4.69, 9.17) is 5.73 Å². The Morgan fingerprint density at radius 3 is 2.58 bits per heavy atom. The largest absolute Gasteiger partial charge is 0.329 e. The Morgan fingerprint density at radius 1 is 1.47 bits per heavy atom. The fourth-order valence-electron chi connectivity index (χ4n) is 2.16. The number of halogens is 1. The van der Waals surface area contributed by atoms with E-state index < -0.39 is 15.6 Å². The quantitative estimate of drug-likeness (QED) is 0.857. The Labute approximate surface area is 122 Å². The third-order valence-corrected chi connectivity index (χ3v) is 6.21. The Hall–Kier alpha value is -0.430. The number of hydrogen-bond acceptors (Lipinski definition) is 3. The summed E-state index contributed by atoms with van der Waals surface area (Å²) >= 11 is 3.37. The van der Waals surface area contributed by atoms with Crippen LogP contribution in [0.1, 0.15) is 25.3 Å². The molecule has 0 aliphatic heterocycles. The van der Waals surface area contributed by atoms with Crippen molar-refractivity contribution >= 4 is 26.0 Å². The highest BCUT2D eigenvalue weighted by atomic mass is 79.9. The lowest BCUT2D eigenvalue weighted by Crippen LogP contribution is -2.52. The third-order valence-electron chi connectivity index (χ3n) is 3.71. The molecular formula is C13H19BrN2O2S. The Morgan fingerprint density at radius 2 is 2.11 bits per heavy atom. The maximum absolute atomic E-state index is 12.4. The molecule has 6 heteroatoms. The number of hydrogen-bond donors (Lipinski definition) is 2. The van der Waals surface area contributed by atoms with Gasteiger partial charge in [0.1, 0.15) is 0 Å². The van der Waals surface area contributed by atoms with E-state index in [0.29, 0.717) is 12.5 Å². The summed E-state index contributed by atoms with van der Waals surface area (Å²) in [4.78, 5) is 0.286. The van der Waals surface area contributed by atoms with Gasteiger partial charge >= 0.3 is 0 Å². The van der Waals surface area contributed by atoms with Gasteiger partial charge in [-0.3, -0.25) is 0 Å². The molecule has 0 amide bonds. The first-order valence-corrected chi connectivity index (χ1v) is 8.56. The molecule has 1 aliphatic carbocycles. The number of benzene rings is 1. The molecule has 0 spiro atoms. The predicted molar refractivity (Wildman–Crippen MR) is 79.4 cm³/mol. The SMILES string of the molecule is Cc1cc(S(=O)(=O)NC(C)(CN)C2CC2)ccc1Br. The van der Waals surface area contributed by atoms with Crippen molar-refractivity contribution in [1.29, 1.82) is 0 Å². The van der Waals surface area contributed by atoms with E-state index in [-0.39, 0.29) is 4.90 Å². The number of aryl methyl sites for hydroxylation is 1. The maximum atomic E-state index is 12.4. The van der Waals surface area contributed by atoms with Crippen LogP contribution in [0, 0.1) is 12.8 Å². The smallest absolute Gasteiger partial charge is 0.241 e. The third kappa shape index (κ3) is 3.18. The second kappa shape index (κ2) is 5.16. The maximum Gasteiger partial charge on any atom is 0.241 e. The molecule has 1 fully saturated rings. The number of rotatable bonds is 5. The summed E-state index contributed by atoms with van der Waals surface area (Å²) in [5, 5.41) is 0. The van der Waals surface area contributed by atoms with E-state index in [0.717, 1.165) is 22.9 Å². The van der Waals surface area contributed by atoms with E-state index in [1.165, 1.54) is 0 Å². The summed E-state index contributed by atoms with van der Waals surface area (Å²) in [5.41, 5.74) is 6.10. The fourth-order valence-corrected chi connectivity index (χ4v) is 3.97. The highest BCUT2D eigenvalue weighted by molar-refractivity contribution is 9.10. The molecule has 1 aromatic carbocycles. The van der Waals surface area contributed by atoms with Crippen LogP contribution in [-0.4, -0.2) is 20.5 Å². The molecular weight excluding hydrogens is 328 g/mol. The molecule has 3 N–H and O–H groups in total. The highest BCUT2D eigenvalue weighted by Gasteiger charge is 2.43. The summed E-state index contributed by atoms with van der Waals surface area (Å²) in [5.74, 6) is 0.351. The molecule has 1 atom stereocenters. The predicted octanol–water partition coefficient (Wildman–Crippen LogP) is 2.16. The van der Waals surface area contributed by atoms with Crippen molar-refractivity contribution in [2.45, 2.75) is 37.1 Å². The Kier molecular flexibility index (Phi) is 4.07. The molecule has 19 heavy (non-hydrogen) atoms. The van der Waals surface area contributed by atoms with E-state index in [1.54, 1.807) is 18.2 Å². The van der Waals surface area contributed by atoms with Crippen molar-refractivity contribution in [3.63, 3.8) is 0 Å². The monoisotopic (exact) mass is 346 g/mol. The van der Waals surface area contributed by atoms with Gasteiger partial charge in [0.05, 0.1) is 4.90 Å². The first kappa shape index (κ1) is 15.0. The van der Waals surface area contributed by atoms with Crippen LogP contribution in [0.4, 0.5) is 0 Å². The van der Waals surface area contributed by atoms with E-state index in [9.17, 15) is 8.42 Å². The van der Waals surface area contributed by atoms with Crippen molar-refractivity contribution in [3.8, 4) is 0 Å². The average Bonchev–Trinajstić information content (AvgIpc) is 3.16. The standard InChI is InChI=1S/C13H19BrN2O2S/c1-9-7-11(5-6-12(9)14)19(17,18)16-13(2,8-15)10-3-4-10/h5-7,10,16H,3-4,8,15H2,1-2H3. The molecule has 0 aromatic heterocycles. The second-order valence-electron chi connectivity index (χ2n) is 5.41. The van der Waals surface area contributed by atoms with Gasteiger partial charge in [-0.2, -0.15) is 0 Å². The molecule has 106 valence electrons. The first-order chi connectivity index (χ1) is 8.78. The van der Waals surface area contributed by atoms with Gasteiger partial charge in [0, 0.05) is 16.6 Å². The molecule has 0 radical (unpaired) electrons. The normalized spacial score (nSPS) is 19.2. The van der Waals surface area contributed by atoms with Crippen molar-refractivity contribution in [1.82, 2.24) is 4.72 Å². The molecule has 0 bridgehead atoms. The molecule has 0 heterocycles. The van der Waals surface area contributed by atoms with Crippen molar-refractivity contribution in [2.24, 2.45) is 11.7 Å². The van der Waals surface area contributed by atoms with Crippen molar-refractivity contribution in [2.75, 3.05) is 6.54 Å². The van der Waals surface area contributed by atoms with Gasteiger partial charge in [0.25, 0.3) is 0 Å². The van der Waals surface area contributed by atoms with Crippen LogP contribution in [-0.2, 0) is 10.0 Å². The fraction of sp³-hybridized carbons (Fsp3) is 0.538. The van der Waals surface area contributed by atoms with Gasteiger partial charge in [-0.1, -0.05) is 15.9 Å². The number of nitrogens with two attached hydrogens (primary N) is 1. The zero-order valence-corrected chi connectivity index (χ0v) is 13.5. The van der Waals surface area contributed by atoms with Gasteiger partial charge in [-0.25, -0.2) is 13.1 Å². The van der Waals surface area contributed by atoms with Crippen molar-refractivity contribution < 1.29 is 8.42 Å². The van der Waals surface area contributed by atoms with Gasteiger partial charge in [-0.15, -0.1) is 0 Å². The molecule has 4 nitrogen and oxygen atoms in total. The van der Waals surface area contributed by atoms with Gasteiger partial charge in [0.2, 0.25) is 10.0 Å². The molecule has 1 aliphatic rings. The van der Waals surface area contributed by atoms with Gasteiger partial charge in [-0.05, 0) is 56.4 Å². The average molecular weight is 347 g/mol. The van der Waals surface area contributed by atoms with E-state index in [1.807, 2.05) is 13.8 Å². The summed E-state index contributed by atoms with van der Waals surface area (Å²) < 4.78 is 28.5. The van der Waals surface area contributed by atoms with Crippen LogP contribution in [0.3, 0.4) is 0 Å². The van der Waals surface area contributed by atoms with Crippen LogP contribution in [0.25, 0.3) is 0 Å². The van der Waals surface area contributed by atoms with Crippen LogP contribution in [0.15, 0.2) is 27.6 Å². The lowest BCUT2D eigenvalue weighted by Gasteiger charge is -2.29. The van der Waals surface area contributed by atoms with Crippen LogP contribution >= 0.6 is 15.9 Å². The molecule has 1 aromatic rings. The molecule has 0 saturated heterocycles. The van der Waals surface area contributed by atoms with Gasteiger partial charge < -0.3 is 5.73 Å². The summed E-state index contributed by atoms with van der Waals surface area (Å²) in [6, 6.07) is 5.01. The van der Waals surface area contributed by atoms with Crippen LogP contribution in [0.5, 0.6) is 0 Å². The summed E-state index contributed by atoms with van der Waals surface area (Å²) in [6.07, 6.45) is 2.07. The molecule has 1 unspecified atom stereocenters. The molecule has 2 rings (SSSR count). The first-order valence-electron chi connectivity index (χ1n) is 6.29. The van der Waals surface area contributed by atoms with E-state index >= 15 is 0 Å². The summed E-state index contributed by atoms with van der Waals surface area (Å²) in [6.45, 7) is 4.06. The topological polar surface area (TPSA) is 72.2 Å². The Bertz CT molecular complexity index is 584. The highest BCUT2D eigenvalue weighted by Crippen LogP contribution is 2.39. The Balaban J connectivity index is 2.29. The number of sulfonamides is 1. The minimum atomic E-state index is -3.53. The summed E-state index contributed by atoms with van der Waals surface area (Å²) in [7, 11) is -3.53. The molecule has 1 saturated carbocycles. The van der Waals surface area contributed by atoms with Gasteiger partial charge in [0.15, 0.2) is 0 Å². The van der Waals surface area contributed by atoms with Crippen molar-refractivity contribution in [3.05, 3.63) is 28.2 Å².